The van der Waals surface area contributed by atoms with Gasteiger partial charge in [0.2, 0.25) is 0 Å². The molecule has 27 heavy (non-hydrogen) atoms. The van der Waals surface area contributed by atoms with Crippen LogP contribution >= 0.6 is 0 Å². The molecule has 0 aromatic heterocycles. The molecule has 0 N–H and O–H groups in total. The quantitative estimate of drug-likeness (QED) is 0.787. The van der Waals surface area contributed by atoms with E-state index in [1.54, 1.807) is 24.1 Å². The number of nitrogens with zero attached hydrogens (tertiary/aromatic N) is 2. The Labute approximate surface area is 160 Å². The van der Waals surface area contributed by atoms with Gasteiger partial charge in [-0.2, -0.15) is 0 Å². The topological polar surface area (TPSA) is 66.9 Å². The standard InChI is InChI=1S/C20H24N2O4S/c1-4-22-14-16(26-19-11-6-5-10-18(19)22)13-21(2)20(23)15-8-7-9-17(12-15)27(3,24)25/h5-12,16H,4,13-14H2,1-3H3/t16-/m0/s1. The number of fused-ring (bicyclic) bond motifs is 1. The largest absolute Gasteiger partial charge is 0.485 e. The highest BCUT2D eigenvalue weighted by molar-refractivity contribution is 7.90. The summed E-state index contributed by atoms with van der Waals surface area (Å²) in [5.41, 5.74) is 1.41. The average Bonchev–Trinajstić information content (AvgIpc) is 2.66. The molecule has 2 aromatic rings. The van der Waals surface area contributed by atoms with Crippen LogP contribution < -0.4 is 9.64 Å². The molecular formula is C20H24N2O4S. The molecule has 3 rings (SSSR count). The summed E-state index contributed by atoms with van der Waals surface area (Å²) in [4.78, 5) is 16.7. The molecule has 2 aromatic carbocycles. The van der Waals surface area contributed by atoms with Crippen molar-refractivity contribution in [3.05, 3.63) is 54.1 Å². The predicted molar refractivity (Wildman–Crippen MR) is 105 cm³/mol. The zero-order valence-corrected chi connectivity index (χ0v) is 16.6. The minimum absolute atomic E-state index is 0.141. The number of hydrogen-bond acceptors (Lipinski definition) is 5. The SMILES string of the molecule is CCN1C[C@H](CN(C)C(=O)c2cccc(S(C)(=O)=O)c2)Oc2ccccc21. The highest BCUT2D eigenvalue weighted by atomic mass is 32.2. The highest BCUT2D eigenvalue weighted by Crippen LogP contribution is 2.32. The van der Waals surface area contributed by atoms with Crippen molar-refractivity contribution in [2.45, 2.75) is 17.9 Å². The van der Waals surface area contributed by atoms with Gasteiger partial charge in [0, 0.05) is 25.4 Å². The van der Waals surface area contributed by atoms with Gasteiger partial charge < -0.3 is 14.5 Å². The number of para-hydroxylation sites is 2. The third-order valence-corrected chi connectivity index (χ3v) is 5.75. The van der Waals surface area contributed by atoms with Crippen LogP contribution in [0.5, 0.6) is 5.75 Å². The van der Waals surface area contributed by atoms with Crippen molar-refractivity contribution >= 4 is 21.4 Å². The zero-order chi connectivity index (χ0) is 19.6. The molecule has 0 saturated heterocycles. The molecule has 1 atom stereocenters. The first-order chi connectivity index (χ1) is 12.8. The number of carbonyl (C=O) groups excluding carboxylic acids is 1. The molecule has 0 spiro atoms. The Morgan fingerprint density at radius 3 is 2.67 bits per heavy atom. The van der Waals surface area contributed by atoms with E-state index < -0.39 is 9.84 Å². The summed E-state index contributed by atoms with van der Waals surface area (Å²) >= 11 is 0. The summed E-state index contributed by atoms with van der Waals surface area (Å²) in [6.45, 7) is 4.04. The van der Waals surface area contributed by atoms with E-state index >= 15 is 0 Å². The van der Waals surface area contributed by atoms with Crippen LogP contribution in [-0.4, -0.2) is 58.3 Å². The van der Waals surface area contributed by atoms with Gasteiger partial charge in [-0.3, -0.25) is 4.79 Å². The number of sulfone groups is 1. The Kier molecular flexibility index (Phi) is 5.41. The van der Waals surface area contributed by atoms with Crippen LogP contribution in [-0.2, 0) is 9.84 Å². The fraction of sp³-hybridized carbons (Fsp3) is 0.350. The van der Waals surface area contributed by atoms with Crippen molar-refractivity contribution in [2.24, 2.45) is 0 Å². The zero-order valence-electron chi connectivity index (χ0n) is 15.8. The average molecular weight is 388 g/mol. The smallest absolute Gasteiger partial charge is 0.253 e. The van der Waals surface area contributed by atoms with Crippen molar-refractivity contribution in [1.82, 2.24) is 4.90 Å². The van der Waals surface area contributed by atoms with E-state index in [0.717, 1.165) is 24.2 Å². The van der Waals surface area contributed by atoms with E-state index in [-0.39, 0.29) is 16.9 Å². The van der Waals surface area contributed by atoms with Gasteiger partial charge in [-0.1, -0.05) is 18.2 Å². The number of carbonyl (C=O) groups is 1. The maximum Gasteiger partial charge on any atom is 0.253 e. The van der Waals surface area contributed by atoms with Gasteiger partial charge in [0.15, 0.2) is 9.84 Å². The lowest BCUT2D eigenvalue weighted by Crippen LogP contribution is -2.46. The Morgan fingerprint density at radius 1 is 1.22 bits per heavy atom. The fourth-order valence-corrected chi connectivity index (χ4v) is 3.91. The lowest BCUT2D eigenvalue weighted by molar-refractivity contribution is 0.0709. The molecule has 1 aliphatic heterocycles. The van der Waals surface area contributed by atoms with Gasteiger partial charge in [-0.25, -0.2) is 8.42 Å². The van der Waals surface area contributed by atoms with Crippen LogP contribution in [0.1, 0.15) is 17.3 Å². The minimum atomic E-state index is -3.36. The fourth-order valence-electron chi connectivity index (χ4n) is 3.24. The van der Waals surface area contributed by atoms with Crippen molar-refractivity contribution in [3.8, 4) is 5.75 Å². The first-order valence-corrected chi connectivity index (χ1v) is 10.7. The second-order valence-electron chi connectivity index (χ2n) is 6.73. The van der Waals surface area contributed by atoms with E-state index in [0.29, 0.717) is 18.7 Å². The van der Waals surface area contributed by atoms with Crippen molar-refractivity contribution in [3.63, 3.8) is 0 Å². The number of amides is 1. The first-order valence-electron chi connectivity index (χ1n) is 8.86. The summed E-state index contributed by atoms with van der Waals surface area (Å²) in [5, 5.41) is 0. The van der Waals surface area contributed by atoms with Crippen LogP contribution in [0.4, 0.5) is 5.69 Å². The molecule has 0 saturated carbocycles. The molecule has 0 unspecified atom stereocenters. The molecule has 6 nitrogen and oxygen atoms in total. The normalized spacial score (nSPS) is 16.4. The Bertz CT molecular complexity index is 943. The van der Waals surface area contributed by atoms with E-state index in [1.165, 1.54) is 12.1 Å². The van der Waals surface area contributed by atoms with Gasteiger partial charge in [0.05, 0.1) is 23.7 Å². The van der Waals surface area contributed by atoms with Gasteiger partial charge in [0.25, 0.3) is 5.91 Å². The second kappa shape index (κ2) is 7.60. The van der Waals surface area contributed by atoms with E-state index in [1.807, 2.05) is 24.3 Å². The third kappa shape index (κ3) is 4.24. The van der Waals surface area contributed by atoms with Crippen LogP contribution in [0.25, 0.3) is 0 Å². The van der Waals surface area contributed by atoms with Gasteiger partial charge in [-0.05, 0) is 37.3 Å². The molecule has 1 amide bonds. The number of hydrogen-bond donors (Lipinski definition) is 0. The lowest BCUT2D eigenvalue weighted by Gasteiger charge is -2.37. The Morgan fingerprint density at radius 2 is 1.96 bits per heavy atom. The van der Waals surface area contributed by atoms with E-state index in [4.69, 9.17) is 4.74 Å². The van der Waals surface area contributed by atoms with Crippen molar-refractivity contribution in [1.29, 1.82) is 0 Å². The number of ether oxygens (including phenoxy) is 1. The van der Waals surface area contributed by atoms with Crippen molar-refractivity contribution in [2.75, 3.05) is 37.8 Å². The van der Waals surface area contributed by atoms with Crippen LogP contribution in [0.15, 0.2) is 53.4 Å². The third-order valence-electron chi connectivity index (χ3n) is 4.64. The lowest BCUT2D eigenvalue weighted by atomic mass is 10.1. The van der Waals surface area contributed by atoms with Gasteiger partial charge >= 0.3 is 0 Å². The molecule has 0 bridgehead atoms. The number of likely N-dealkylation sites (N-methyl/N-ethyl adjacent to an activating group) is 2. The monoisotopic (exact) mass is 388 g/mol. The van der Waals surface area contributed by atoms with Gasteiger partial charge in [-0.15, -0.1) is 0 Å². The van der Waals surface area contributed by atoms with Crippen LogP contribution in [0.3, 0.4) is 0 Å². The summed E-state index contributed by atoms with van der Waals surface area (Å²) in [7, 11) is -1.65. The Hall–Kier alpha value is -2.54. The molecule has 7 heteroatoms. The van der Waals surface area contributed by atoms with Gasteiger partial charge in [0.1, 0.15) is 11.9 Å². The summed E-state index contributed by atoms with van der Waals surface area (Å²) in [6, 6.07) is 14.0. The molecule has 0 aliphatic carbocycles. The molecule has 1 aliphatic rings. The summed E-state index contributed by atoms with van der Waals surface area (Å²) in [6.07, 6.45) is 0.972. The highest BCUT2D eigenvalue weighted by Gasteiger charge is 2.27. The summed E-state index contributed by atoms with van der Waals surface area (Å²) in [5.74, 6) is 0.585. The minimum Gasteiger partial charge on any atom is -0.485 e. The number of rotatable bonds is 5. The maximum absolute atomic E-state index is 12.8. The maximum atomic E-state index is 12.8. The molecule has 0 fully saturated rings. The van der Waals surface area contributed by atoms with Crippen LogP contribution in [0.2, 0.25) is 0 Å². The number of benzene rings is 2. The Balaban J connectivity index is 1.74. The molecule has 144 valence electrons. The first kappa shape index (κ1) is 19.2. The van der Waals surface area contributed by atoms with E-state index in [9.17, 15) is 13.2 Å². The van der Waals surface area contributed by atoms with E-state index in [2.05, 4.69) is 11.8 Å². The predicted octanol–water partition coefficient (Wildman–Crippen LogP) is 2.45. The second-order valence-corrected chi connectivity index (χ2v) is 8.75. The molecular weight excluding hydrogens is 364 g/mol. The number of anilines is 1. The van der Waals surface area contributed by atoms with Crippen LogP contribution in [0, 0.1) is 0 Å². The molecule has 1 heterocycles. The summed E-state index contributed by atoms with van der Waals surface area (Å²) < 4.78 is 29.5. The molecule has 0 radical (unpaired) electrons. The van der Waals surface area contributed by atoms with Crippen molar-refractivity contribution < 1.29 is 17.9 Å².